The van der Waals surface area contributed by atoms with E-state index in [0.717, 1.165) is 0 Å². The molecule has 150 valence electrons. The van der Waals surface area contributed by atoms with E-state index in [2.05, 4.69) is 15.3 Å². The zero-order valence-electron chi connectivity index (χ0n) is 15.7. The topological polar surface area (TPSA) is 107 Å². The van der Waals surface area contributed by atoms with Crippen molar-refractivity contribution in [1.29, 1.82) is 0 Å². The monoisotopic (exact) mass is 414 g/mol. The summed E-state index contributed by atoms with van der Waals surface area (Å²) < 4.78 is 15.7. The minimum Gasteiger partial charge on any atom is -0.364 e. The minimum absolute atomic E-state index is 0.0520. The lowest BCUT2D eigenvalue weighted by molar-refractivity contribution is 0.0693. The van der Waals surface area contributed by atoms with Crippen molar-refractivity contribution >= 4 is 23.2 Å². The van der Waals surface area contributed by atoms with Crippen LogP contribution in [0.4, 0.5) is 4.39 Å². The first-order valence-corrected chi connectivity index (χ1v) is 9.99. The van der Waals surface area contributed by atoms with Gasteiger partial charge in [0.05, 0.1) is 17.9 Å². The van der Waals surface area contributed by atoms with Crippen molar-refractivity contribution in [3.05, 3.63) is 52.5 Å². The standard InChI is InChI=1S/C19H19FN6O2S/c1-11-16(29-18(22-11)13-4-2-3-5-14(13)20)19(28)25-8-6-12(7-9-25)26-10-15(17(21)27)23-24-26/h2-5,10,12H,6-9H2,1H3,(H2,21,27). The summed E-state index contributed by atoms with van der Waals surface area (Å²) in [7, 11) is 0. The summed E-state index contributed by atoms with van der Waals surface area (Å²) in [6.45, 7) is 2.85. The van der Waals surface area contributed by atoms with Crippen LogP contribution < -0.4 is 5.73 Å². The number of halogens is 1. The molecule has 2 aromatic heterocycles. The fourth-order valence-corrected chi connectivity index (χ4v) is 4.45. The van der Waals surface area contributed by atoms with E-state index in [-0.39, 0.29) is 23.5 Å². The second-order valence-electron chi connectivity index (χ2n) is 6.88. The van der Waals surface area contributed by atoms with E-state index in [0.29, 0.717) is 47.1 Å². The Morgan fingerprint density at radius 3 is 2.62 bits per heavy atom. The maximum Gasteiger partial charge on any atom is 0.270 e. The number of carbonyl (C=O) groups is 2. The van der Waals surface area contributed by atoms with Crippen LogP contribution >= 0.6 is 11.3 Å². The molecule has 29 heavy (non-hydrogen) atoms. The molecular weight excluding hydrogens is 395 g/mol. The summed E-state index contributed by atoms with van der Waals surface area (Å²) in [5, 5.41) is 8.23. The summed E-state index contributed by atoms with van der Waals surface area (Å²) in [6, 6.07) is 6.46. The van der Waals surface area contributed by atoms with Crippen LogP contribution in [0.1, 0.15) is 44.7 Å². The highest BCUT2D eigenvalue weighted by atomic mass is 32.1. The number of carbonyl (C=O) groups excluding carboxylic acids is 2. The van der Waals surface area contributed by atoms with Gasteiger partial charge in [0, 0.05) is 18.7 Å². The van der Waals surface area contributed by atoms with E-state index >= 15 is 0 Å². The zero-order chi connectivity index (χ0) is 20.5. The Kier molecular flexibility index (Phi) is 5.10. The third-order valence-electron chi connectivity index (χ3n) is 4.98. The molecule has 1 aromatic carbocycles. The number of nitrogens with zero attached hydrogens (tertiary/aromatic N) is 5. The molecule has 0 radical (unpaired) electrons. The number of primary amides is 1. The van der Waals surface area contributed by atoms with E-state index in [1.54, 1.807) is 40.9 Å². The van der Waals surface area contributed by atoms with Gasteiger partial charge in [-0.15, -0.1) is 16.4 Å². The maximum atomic E-state index is 14.1. The van der Waals surface area contributed by atoms with Gasteiger partial charge >= 0.3 is 0 Å². The summed E-state index contributed by atoms with van der Waals surface area (Å²) in [5.41, 5.74) is 6.34. The molecular formula is C19H19FN6O2S. The van der Waals surface area contributed by atoms with E-state index < -0.39 is 5.91 Å². The third kappa shape index (κ3) is 3.75. The number of likely N-dealkylation sites (tertiary alicyclic amines) is 1. The quantitative estimate of drug-likeness (QED) is 0.706. The number of nitrogens with two attached hydrogens (primary N) is 1. The largest absolute Gasteiger partial charge is 0.364 e. The van der Waals surface area contributed by atoms with Gasteiger partial charge in [-0.05, 0) is 31.9 Å². The number of benzene rings is 1. The van der Waals surface area contributed by atoms with Crippen LogP contribution in [-0.4, -0.2) is 49.8 Å². The molecule has 1 aliphatic heterocycles. The van der Waals surface area contributed by atoms with E-state index in [1.807, 2.05) is 0 Å². The Morgan fingerprint density at radius 1 is 1.24 bits per heavy atom. The molecule has 0 unspecified atom stereocenters. The first-order chi connectivity index (χ1) is 13.9. The number of aryl methyl sites for hydroxylation is 1. The van der Waals surface area contributed by atoms with Gasteiger partial charge in [0.1, 0.15) is 15.7 Å². The average molecular weight is 414 g/mol. The number of rotatable bonds is 4. The summed E-state index contributed by atoms with van der Waals surface area (Å²) in [4.78, 5) is 30.9. The highest BCUT2D eigenvalue weighted by molar-refractivity contribution is 7.17. The molecule has 3 heterocycles. The molecule has 0 atom stereocenters. The van der Waals surface area contributed by atoms with Crippen LogP contribution in [0.2, 0.25) is 0 Å². The Morgan fingerprint density at radius 2 is 1.97 bits per heavy atom. The second kappa shape index (κ2) is 7.70. The number of aromatic nitrogens is 4. The van der Waals surface area contributed by atoms with Gasteiger partial charge in [-0.25, -0.2) is 14.1 Å². The third-order valence-corrected chi connectivity index (χ3v) is 6.16. The molecule has 1 fully saturated rings. The van der Waals surface area contributed by atoms with E-state index in [1.165, 1.54) is 17.4 Å². The van der Waals surface area contributed by atoms with Gasteiger partial charge in [0.2, 0.25) is 0 Å². The lowest BCUT2D eigenvalue weighted by Crippen LogP contribution is -2.39. The number of piperidine rings is 1. The Balaban J connectivity index is 1.46. The molecule has 2 N–H and O–H groups in total. The molecule has 1 saturated heterocycles. The van der Waals surface area contributed by atoms with Crippen LogP contribution in [0.5, 0.6) is 0 Å². The van der Waals surface area contributed by atoms with Gasteiger partial charge in [-0.3, -0.25) is 9.59 Å². The number of hydrogen-bond acceptors (Lipinski definition) is 6. The van der Waals surface area contributed by atoms with Gasteiger partial charge in [0.25, 0.3) is 11.8 Å². The van der Waals surface area contributed by atoms with Crippen molar-refractivity contribution in [3.8, 4) is 10.6 Å². The molecule has 8 nitrogen and oxygen atoms in total. The number of amides is 2. The highest BCUT2D eigenvalue weighted by Gasteiger charge is 2.28. The normalized spacial score (nSPS) is 14.9. The lowest BCUT2D eigenvalue weighted by atomic mass is 10.0. The van der Waals surface area contributed by atoms with Gasteiger partial charge in [0.15, 0.2) is 5.69 Å². The second-order valence-corrected chi connectivity index (χ2v) is 7.88. The highest BCUT2D eigenvalue weighted by Crippen LogP contribution is 2.31. The zero-order valence-corrected chi connectivity index (χ0v) is 16.5. The van der Waals surface area contributed by atoms with Crippen LogP contribution in [0.3, 0.4) is 0 Å². The maximum absolute atomic E-state index is 14.1. The van der Waals surface area contributed by atoms with Crippen molar-refractivity contribution < 1.29 is 14.0 Å². The van der Waals surface area contributed by atoms with Crippen LogP contribution in [0, 0.1) is 12.7 Å². The SMILES string of the molecule is Cc1nc(-c2ccccc2F)sc1C(=O)N1CCC(n2cc(C(N)=O)nn2)CC1. The molecule has 1 aliphatic rings. The van der Waals surface area contributed by atoms with Gasteiger partial charge in [-0.1, -0.05) is 17.3 Å². The van der Waals surface area contributed by atoms with Crippen LogP contribution in [0.15, 0.2) is 30.5 Å². The first-order valence-electron chi connectivity index (χ1n) is 9.17. The minimum atomic E-state index is -0.616. The van der Waals surface area contributed by atoms with Crippen molar-refractivity contribution in [3.63, 3.8) is 0 Å². The Labute approximate surface area is 170 Å². The van der Waals surface area contributed by atoms with E-state index in [4.69, 9.17) is 5.73 Å². The molecule has 0 spiro atoms. The average Bonchev–Trinajstić information content (AvgIpc) is 3.35. The molecule has 0 aliphatic carbocycles. The molecule has 0 bridgehead atoms. The molecule has 10 heteroatoms. The molecule has 4 rings (SSSR count). The summed E-state index contributed by atoms with van der Waals surface area (Å²) in [6.07, 6.45) is 2.91. The summed E-state index contributed by atoms with van der Waals surface area (Å²) >= 11 is 1.21. The van der Waals surface area contributed by atoms with Crippen molar-refractivity contribution in [1.82, 2.24) is 24.9 Å². The first kappa shape index (κ1) is 19.2. The Hall–Kier alpha value is -3.14. The predicted octanol–water partition coefficient (Wildman–Crippen LogP) is 2.43. The smallest absolute Gasteiger partial charge is 0.270 e. The summed E-state index contributed by atoms with van der Waals surface area (Å²) in [5.74, 6) is -1.07. The fraction of sp³-hybridized carbons (Fsp3) is 0.316. The van der Waals surface area contributed by atoms with Crippen molar-refractivity contribution in [2.45, 2.75) is 25.8 Å². The fourth-order valence-electron chi connectivity index (χ4n) is 3.39. The Bertz CT molecular complexity index is 1070. The van der Waals surface area contributed by atoms with Crippen LogP contribution in [-0.2, 0) is 0 Å². The number of thiazole rings is 1. The van der Waals surface area contributed by atoms with Crippen molar-refractivity contribution in [2.24, 2.45) is 5.73 Å². The van der Waals surface area contributed by atoms with Crippen LogP contribution in [0.25, 0.3) is 10.6 Å². The molecule has 0 saturated carbocycles. The van der Waals surface area contributed by atoms with Gasteiger partial charge < -0.3 is 10.6 Å². The lowest BCUT2D eigenvalue weighted by Gasteiger charge is -2.31. The molecule has 2 amide bonds. The van der Waals surface area contributed by atoms with E-state index in [9.17, 15) is 14.0 Å². The number of hydrogen-bond donors (Lipinski definition) is 1. The van der Waals surface area contributed by atoms with Gasteiger partial charge in [-0.2, -0.15) is 0 Å². The van der Waals surface area contributed by atoms with Crippen molar-refractivity contribution in [2.75, 3.05) is 13.1 Å². The molecule has 3 aromatic rings. The predicted molar refractivity (Wildman–Crippen MR) is 105 cm³/mol.